The number of hydrogen-bond acceptors (Lipinski definition) is 5. The lowest BCUT2D eigenvalue weighted by Crippen LogP contribution is -2.69. The van der Waals surface area contributed by atoms with E-state index in [4.69, 9.17) is 19.2 Å². The van der Waals surface area contributed by atoms with Gasteiger partial charge in [-0.25, -0.2) is 9.78 Å². The SMILES string of the molecule is C[C@H]1[C@H](c2c(O)ccc3ccccc23)O[C@@H]2O[C@]3(C)CC[C@H]4[C@H](C)CC[C@@H]1[C@@]24OO3. The number of aromatic hydroxyl groups is 1. The van der Waals surface area contributed by atoms with Gasteiger partial charge in [-0.05, 0) is 60.8 Å². The third-order valence-corrected chi connectivity index (χ3v) is 8.39. The second kappa shape index (κ2) is 6.42. The van der Waals surface area contributed by atoms with Crippen LogP contribution in [-0.2, 0) is 19.2 Å². The Hall–Kier alpha value is -1.66. The van der Waals surface area contributed by atoms with E-state index < -0.39 is 17.7 Å². The Kier molecular flexibility index (Phi) is 4.08. The number of benzene rings is 2. The van der Waals surface area contributed by atoms with Crippen molar-refractivity contribution >= 4 is 10.8 Å². The Morgan fingerprint density at radius 3 is 2.67 bits per heavy atom. The van der Waals surface area contributed by atoms with E-state index in [1.807, 2.05) is 25.1 Å². The number of fused-ring (bicyclic) bond motifs is 3. The molecule has 4 heterocycles. The van der Waals surface area contributed by atoms with Crippen LogP contribution < -0.4 is 0 Å². The Labute approximate surface area is 177 Å². The van der Waals surface area contributed by atoms with Crippen LogP contribution in [0.5, 0.6) is 5.75 Å². The minimum absolute atomic E-state index is 0.155. The molecule has 2 aromatic carbocycles. The Bertz CT molecular complexity index is 991. The number of phenolic OH excluding ortho intramolecular Hbond substituents is 1. The van der Waals surface area contributed by atoms with Crippen LogP contribution in [0.1, 0.15) is 58.1 Å². The number of ether oxygens (including phenoxy) is 2. The molecule has 5 heteroatoms. The van der Waals surface area contributed by atoms with E-state index in [2.05, 4.69) is 26.0 Å². The van der Waals surface area contributed by atoms with Gasteiger partial charge in [0, 0.05) is 17.9 Å². The molecule has 0 radical (unpaired) electrons. The second-order valence-corrected chi connectivity index (χ2v) is 10.0. The summed E-state index contributed by atoms with van der Waals surface area (Å²) in [7, 11) is 0. The van der Waals surface area contributed by atoms with Gasteiger partial charge in [-0.2, -0.15) is 0 Å². The maximum absolute atomic E-state index is 10.9. The first kappa shape index (κ1) is 19.1. The molecular formula is C25H30O5. The molecule has 0 unspecified atom stereocenters. The molecule has 1 aliphatic carbocycles. The van der Waals surface area contributed by atoms with Crippen molar-refractivity contribution in [2.45, 2.75) is 70.2 Å². The molecule has 4 aliphatic heterocycles. The van der Waals surface area contributed by atoms with E-state index in [0.29, 0.717) is 11.8 Å². The molecule has 0 aromatic heterocycles. The minimum Gasteiger partial charge on any atom is -0.508 e. The highest BCUT2D eigenvalue weighted by Crippen LogP contribution is 2.63. The summed E-state index contributed by atoms with van der Waals surface area (Å²) >= 11 is 0. The average Bonchev–Trinajstić information content (AvgIpc) is 2.97. The minimum atomic E-state index is -0.788. The maximum Gasteiger partial charge on any atom is 0.201 e. The fraction of sp³-hybridized carbons (Fsp3) is 0.600. The number of rotatable bonds is 1. The summed E-state index contributed by atoms with van der Waals surface area (Å²) in [6.45, 7) is 6.50. The zero-order valence-corrected chi connectivity index (χ0v) is 17.8. The van der Waals surface area contributed by atoms with Crippen LogP contribution in [0.15, 0.2) is 36.4 Å². The van der Waals surface area contributed by atoms with E-state index in [1.54, 1.807) is 6.07 Å². The molecule has 2 bridgehead atoms. The molecule has 0 amide bonds. The van der Waals surface area contributed by atoms with Gasteiger partial charge in [-0.3, -0.25) is 0 Å². The molecule has 8 atom stereocenters. The molecule has 5 aliphatic rings. The van der Waals surface area contributed by atoms with Crippen molar-refractivity contribution in [1.82, 2.24) is 0 Å². The zero-order valence-electron chi connectivity index (χ0n) is 17.8. The summed E-state index contributed by atoms with van der Waals surface area (Å²) in [5, 5.41) is 13.0. The average molecular weight is 411 g/mol. The van der Waals surface area contributed by atoms with Crippen molar-refractivity contribution in [3.05, 3.63) is 42.0 Å². The smallest absolute Gasteiger partial charge is 0.201 e. The Balaban J connectivity index is 1.50. The molecule has 5 fully saturated rings. The first-order valence-corrected chi connectivity index (χ1v) is 11.3. The quantitative estimate of drug-likeness (QED) is 0.632. The largest absolute Gasteiger partial charge is 0.508 e. The van der Waals surface area contributed by atoms with Crippen molar-refractivity contribution in [2.75, 3.05) is 0 Å². The van der Waals surface area contributed by atoms with E-state index in [1.165, 1.54) is 6.42 Å². The van der Waals surface area contributed by atoms with E-state index in [-0.39, 0.29) is 23.7 Å². The first-order chi connectivity index (χ1) is 14.4. The van der Waals surface area contributed by atoms with Gasteiger partial charge in [0.1, 0.15) is 5.75 Å². The van der Waals surface area contributed by atoms with Crippen molar-refractivity contribution in [3.63, 3.8) is 0 Å². The maximum atomic E-state index is 10.9. The van der Waals surface area contributed by atoms with Crippen LogP contribution in [0, 0.1) is 23.7 Å². The van der Waals surface area contributed by atoms with E-state index >= 15 is 0 Å². The lowest BCUT2D eigenvalue weighted by molar-refractivity contribution is -0.571. The monoisotopic (exact) mass is 410 g/mol. The zero-order chi connectivity index (χ0) is 20.7. The van der Waals surface area contributed by atoms with Gasteiger partial charge < -0.3 is 14.6 Å². The third kappa shape index (κ3) is 2.44. The van der Waals surface area contributed by atoms with Gasteiger partial charge in [-0.15, -0.1) is 0 Å². The third-order valence-electron chi connectivity index (χ3n) is 8.39. The van der Waals surface area contributed by atoms with Crippen molar-refractivity contribution in [3.8, 4) is 5.75 Å². The van der Waals surface area contributed by atoms with Gasteiger partial charge in [0.05, 0.1) is 6.10 Å². The summed E-state index contributed by atoms with van der Waals surface area (Å²) in [5.74, 6) is 0.768. The Morgan fingerprint density at radius 1 is 0.967 bits per heavy atom. The highest BCUT2D eigenvalue weighted by Gasteiger charge is 2.69. The van der Waals surface area contributed by atoms with Crippen LogP contribution in [0.25, 0.3) is 10.8 Å². The molecule has 1 N–H and O–H groups in total. The predicted molar refractivity (Wildman–Crippen MR) is 111 cm³/mol. The summed E-state index contributed by atoms with van der Waals surface area (Å²) in [6.07, 6.45) is 3.26. The number of phenols is 1. The van der Waals surface area contributed by atoms with Gasteiger partial charge in [-0.1, -0.05) is 44.2 Å². The fourth-order valence-electron chi connectivity index (χ4n) is 6.82. The van der Waals surface area contributed by atoms with Crippen LogP contribution >= 0.6 is 0 Å². The Morgan fingerprint density at radius 2 is 1.80 bits per heavy atom. The highest BCUT2D eigenvalue weighted by atomic mass is 17.3. The molecular weight excluding hydrogens is 380 g/mol. The molecule has 1 spiro atoms. The summed E-state index contributed by atoms with van der Waals surface area (Å²) < 4.78 is 13.2. The van der Waals surface area contributed by atoms with Crippen molar-refractivity contribution in [1.29, 1.82) is 0 Å². The van der Waals surface area contributed by atoms with Gasteiger partial charge in [0.2, 0.25) is 5.79 Å². The van der Waals surface area contributed by atoms with E-state index in [9.17, 15) is 5.11 Å². The van der Waals surface area contributed by atoms with Crippen LogP contribution in [0.2, 0.25) is 0 Å². The highest BCUT2D eigenvalue weighted by molar-refractivity contribution is 5.88. The van der Waals surface area contributed by atoms with Crippen molar-refractivity contribution in [2.24, 2.45) is 23.7 Å². The summed E-state index contributed by atoms with van der Waals surface area (Å²) in [6, 6.07) is 11.9. The summed E-state index contributed by atoms with van der Waals surface area (Å²) in [4.78, 5) is 12.2. The molecule has 5 nitrogen and oxygen atoms in total. The predicted octanol–water partition coefficient (Wildman–Crippen LogP) is 5.47. The molecule has 1 saturated carbocycles. The molecule has 7 rings (SSSR count). The molecule has 30 heavy (non-hydrogen) atoms. The standard InChI is InChI=1S/C25H30O5/c1-14-8-10-19-15(2)22(21-17-7-5-4-6-16(17)9-11-20(21)26)27-23-25(19)18(14)12-13-24(3,28-23)29-30-25/h4-7,9,11,14-15,18-19,22-23,26H,8,10,12-13H2,1-3H3/t14-,15-,18+,19+,22-,23-,24+,25-/m1/s1. The van der Waals surface area contributed by atoms with Crippen LogP contribution in [0.3, 0.4) is 0 Å². The second-order valence-electron chi connectivity index (χ2n) is 10.0. The number of hydrogen-bond donors (Lipinski definition) is 1. The van der Waals surface area contributed by atoms with E-state index in [0.717, 1.165) is 35.6 Å². The van der Waals surface area contributed by atoms with Gasteiger partial charge in [0.25, 0.3) is 0 Å². The van der Waals surface area contributed by atoms with Gasteiger partial charge in [0.15, 0.2) is 11.9 Å². The molecule has 4 saturated heterocycles. The van der Waals surface area contributed by atoms with Crippen LogP contribution in [-0.4, -0.2) is 22.8 Å². The van der Waals surface area contributed by atoms with Crippen LogP contribution in [0.4, 0.5) is 0 Å². The fourth-order valence-corrected chi connectivity index (χ4v) is 6.82. The first-order valence-electron chi connectivity index (χ1n) is 11.3. The normalized spacial score (nSPS) is 45.2. The summed E-state index contributed by atoms with van der Waals surface area (Å²) in [5.41, 5.74) is 0.282. The topological polar surface area (TPSA) is 57.2 Å². The lowest BCUT2D eigenvalue weighted by atomic mass is 9.57. The molecule has 160 valence electrons. The van der Waals surface area contributed by atoms with Gasteiger partial charge >= 0.3 is 0 Å². The molecule has 2 aromatic rings. The lowest BCUT2D eigenvalue weighted by Gasteiger charge is -2.60. The van der Waals surface area contributed by atoms with Crippen molar-refractivity contribution < 1.29 is 24.4 Å².